The number of hydrogen-bond donors (Lipinski definition) is 1. The minimum absolute atomic E-state index is 0. The van der Waals surface area contributed by atoms with E-state index in [1.54, 1.807) is 25.5 Å². The maximum Gasteiger partial charge on any atom is 0.238 e. The fraction of sp³-hybridized carbons (Fsp3) is 0.267. The maximum atomic E-state index is 10.3. The molecule has 6 nitrogen and oxygen atoms in total. The Morgan fingerprint density at radius 3 is 2.46 bits per heavy atom. The van der Waals surface area contributed by atoms with Gasteiger partial charge in [0.1, 0.15) is 11.5 Å². The van der Waals surface area contributed by atoms with Gasteiger partial charge < -0.3 is 19.5 Å². The molecular weight excluding hydrogens is 509 g/mol. The fourth-order valence-corrected chi connectivity index (χ4v) is 4.85. The average Bonchev–Trinajstić information content (AvgIpc) is 3.14. The van der Waals surface area contributed by atoms with Crippen molar-refractivity contribution in [3.8, 4) is 11.5 Å². The molecule has 1 unspecified atom stereocenters. The third kappa shape index (κ3) is 5.89. The molecular formula is C30H33CoN3O3. The zero-order chi connectivity index (χ0) is 25.5. The summed E-state index contributed by atoms with van der Waals surface area (Å²) < 4.78 is 11.5. The van der Waals surface area contributed by atoms with Gasteiger partial charge in [-0.2, -0.15) is 5.10 Å². The van der Waals surface area contributed by atoms with Crippen LogP contribution < -0.4 is 14.4 Å². The Labute approximate surface area is 229 Å². The topological polar surface area (TPSA) is 66.7 Å². The predicted octanol–water partition coefficient (Wildman–Crippen LogP) is 6.31. The van der Waals surface area contributed by atoms with Crippen LogP contribution >= 0.6 is 0 Å². The van der Waals surface area contributed by atoms with Gasteiger partial charge in [0.2, 0.25) is 5.90 Å². The first-order valence-electron chi connectivity index (χ1n) is 12.2. The van der Waals surface area contributed by atoms with E-state index in [-0.39, 0.29) is 28.1 Å². The van der Waals surface area contributed by atoms with Crippen molar-refractivity contribution in [2.75, 3.05) is 25.2 Å². The number of hydrogen-bond acceptors (Lipinski definition) is 5. The number of fused-ring (bicyclic) bond motifs is 1. The molecule has 1 aliphatic rings. The van der Waals surface area contributed by atoms with Gasteiger partial charge in [-0.1, -0.05) is 36.4 Å². The Balaban J connectivity index is 0.00000380. The molecule has 0 saturated carbocycles. The summed E-state index contributed by atoms with van der Waals surface area (Å²) in [4.78, 5) is 2.30. The molecule has 0 aromatic heterocycles. The van der Waals surface area contributed by atoms with Gasteiger partial charge in [0.05, 0.1) is 19.9 Å². The number of aliphatic hydroxyl groups is 1. The van der Waals surface area contributed by atoms with Crippen LogP contribution in [0.3, 0.4) is 0 Å². The molecule has 1 atom stereocenters. The van der Waals surface area contributed by atoms with Crippen LogP contribution in [0, 0.1) is 0 Å². The summed E-state index contributed by atoms with van der Waals surface area (Å²) in [6.07, 6.45) is 4.37. The van der Waals surface area contributed by atoms with Crippen molar-refractivity contribution in [1.29, 1.82) is 0 Å². The van der Waals surface area contributed by atoms with Crippen molar-refractivity contribution < 1.29 is 31.4 Å². The number of nitrogens with zero attached hydrogens (tertiary/aromatic N) is 3. The fourth-order valence-electron chi connectivity index (χ4n) is 4.85. The summed E-state index contributed by atoms with van der Waals surface area (Å²) in [5, 5.41) is 18.4. The first-order valence-corrected chi connectivity index (χ1v) is 12.2. The normalized spacial score (nSPS) is 18.1. The first kappa shape index (κ1) is 28.0. The molecule has 0 amide bonds. The molecule has 1 aliphatic heterocycles. The Hall–Kier alpha value is -3.55. The van der Waals surface area contributed by atoms with E-state index < -0.39 is 0 Å². The van der Waals surface area contributed by atoms with E-state index in [0.29, 0.717) is 12.2 Å². The molecule has 1 N–H and O–H groups in total. The largest absolute Gasteiger partial charge is 0.497 e. The van der Waals surface area contributed by atoms with E-state index in [2.05, 4.69) is 47.1 Å². The van der Waals surface area contributed by atoms with Gasteiger partial charge in [-0.25, -0.2) is 0 Å². The van der Waals surface area contributed by atoms with Crippen molar-refractivity contribution >= 4 is 17.8 Å². The van der Waals surface area contributed by atoms with Crippen molar-refractivity contribution in [2.45, 2.75) is 32.6 Å². The number of para-hydroxylation sites is 1. The van der Waals surface area contributed by atoms with Crippen LogP contribution in [0.25, 0.3) is 0 Å². The molecule has 195 valence electrons. The number of rotatable bonds is 9. The molecule has 3 aromatic rings. The third-order valence-electron chi connectivity index (χ3n) is 6.56. The summed E-state index contributed by atoms with van der Waals surface area (Å²) in [6.45, 7) is 7.78. The number of allylic oxidation sites excluding steroid dienone is 2. The number of aliphatic hydroxyl groups excluding tert-OH is 1. The van der Waals surface area contributed by atoms with E-state index in [1.807, 2.05) is 55.5 Å². The second kappa shape index (κ2) is 12.6. The van der Waals surface area contributed by atoms with Crippen molar-refractivity contribution in [3.63, 3.8) is 0 Å². The zero-order valence-corrected chi connectivity index (χ0v) is 22.7. The Bertz CT molecular complexity index is 1290. The van der Waals surface area contributed by atoms with Crippen LogP contribution in [0.2, 0.25) is 0 Å². The van der Waals surface area contributed by atoms with Gasteiger partial charge >= 0.3 is 0 Å². The third-order valence-corrected chi connectivity index (χ3v) is 6.56. The minimum atomic E-state index is -0.371. The Morgan fingerprint density at radius 2 is 1.76 bits per heavy atom. The van der Waals surface area contributed by atoms with Crippen molar-refractivity contribution in [1.82, 2.24) is 0 Å². The van der Waals surface area contributed by atoms with Crippen molar-refractivity contribution in [2.24, 2.45) is 10.2 Å². The summed E-state index contributed by atoms with van der Waals surface area (Å²) in [6, 6.07) is 23.6. The Kier molecular flexibility index (Phi) is 9.55. The van der Waals surface area contributed by atoms with E-state index in [9.17, 15) is 5.11 Å². The van der Waals surface area contributed by atoms with Gasteiger partial charge in [0.15, 0.2) is 0 Å². The average molecular weight is 543 g/mol. The molecule has 1 radical (unpaired) electrons. The van der Waals surface area contributed by atoms with E-state index in [0.717, 1.165) is 41.4 Å². The summed E-state index contributed by atoms with van der Waals surface area (Å²) >= 11 is 0. The molecule has 3 aromatic carbocycles. The predicted molar refractivity (Wildman–Crippen MR) is 147 cm³/mol. The zero-order valence-electron chi connectivity index (χ0n) is 21.6. The van der Waals surface area contributed by atoms with Gasteiger partial charge in [-0.15, -0.1) is 5.10 Å². The summed E-state index contributed by atoms with van der Waals surface area (Å²) in [7, 11) is 1.69. The minimum Gasteiger partial charge on any atom is -0.497 e. The van der Waals surface area contributed by atoms with E-state index in [1.165, 1.54) is 5.56 Å². The first-order chi connectivity index (χ1) is 17.5. The molecule has 0 fully saturated rings. The van der Waals surface area contributed by atoms with Crippen molar-refractivity contribution in [3.05, 3.63) is 101 Å². The number of benzene rings is 3. The van der Waals surface area contributed by atoms with Crippen LogP contribution in [-0.2, 0) is 28.6 Å². The maximum absolute atomic E-state index is 10.3. The Morgan fingerprint density at radius 1 is 1.03 bits per heavy atom. The van der Waals surface area contributed by atoms with Crippen LogP contribution in [0.4, 0.5) is 5.69 Å². The smallest absolute Gasteiger partial charge is 0.238 e. The number of methoxy groups -OCH3 is 1. The number of anilines is 1. The molecule has 37 heavy (non-hydrogen) atoms. The molecule has 4 rings (SSSR count). The van der Waals surface area contributed by atoms with E-state index in [4.69, 9.17) is 9.47 Å². The molecule has 0 aliphatic carbocycles. The van der Waals surface area contributed by atoms with Gasteiger partial charge in [0.25, 0.3) is 0 Å². The molecule has 7 heteroatoms. The van der Waals surface area contributed by atoms with Crippen LogP contribution in [0.15, 0.2) is 94.8 Å². The molecule has 0 spiro atoms. The van der Waals surface area contributed by atoms with Gasteiger partial charge in [-0.3, -0.25) is 0 Å². The standard InChI is InChI=1S/C30H33N3O3.Co/c1-5-33-26-17-16-24(35-4)20-25(26)30(3,21-23-14-10-11-15-27(23)36-6-2)28(33)18-19-31-32-29(34)22-12-8-7-9-13-22;/h7-20H,5-6,21H2,1-4H3,(H,32,34);/b28-18-,31-19+;. The summed E-state index contributed by atoms with van der Waals surface area (Å²) in [5.74, 6) is 1.60. The monoisotopic (exact) mass is 542 g/mol. The molecule has 1 heterocycles. The quantitative estimate of drug-likeness (QED) is 0.196. The van der Waals surface area contributed by atoms with Gasteiger partial charge in [0, 0.05) is 45.7 Å². The van der Waals surface area contributed by atoms with Crippen LogP contribution in [0.5, 0.6) is 11.5 Å². The molecule has 0 saturated heterocycles. The van der Waals surface area contributed by atoms with Crippen LogP contribution in [0.1, 0.15) is 37.5 Å². The van der Waals surface area contributed by atoms with E-state index >= 15 is 0 Å². The molecule has 0 bridgehead atoms. The number of likely N-dealkylation sites (N-methyl/N-ethyl adjacent to an activating group) is 1. The summed E-state index contributed by atoms with van der Waals surface area (Å²) in [5.41, 5.74) is 4.81. The second-order valence-corrected chi connectivity index (χ2v) is 8.78. The van der Waals surface area contributed by atoms with Crippen LogP contribution in [-0.4, -0.2) is 37.5 Å². The second-order valence-electron chi connectivity index (χ2n) is 8.78. The number of ether oxygens (including phenoxy) is 2. The SMILES string of the molecule is CCOc1ccccc1CC1(C)/C(=C/C=N/N=C(\O)c2ccccc2)N(CC)c2ccc(OC)cc21.[Co]. The van der Waals surface area contributed by atoms with Gasteiger partial charge in [-0.05, 0) is 80.8 Å².